The molecule has 0 N–H and O–H groups in total. The van der Waals surface area contributed by atoms with E-state index in [1.54, 1.807) is 17.4 Å². The Hall–Kier alpha value is -0.740. The third kappa shape index (κ3) is 1.64. The van der Waals surface area contributed by atoms with Gasteiger partial charge in [-0.3, -0.25) is 0 Å². The zero-order valence-electron chi connectivity index (χ0n) is 6.50. The molecular weight excluding hydrogens is 253 g/mol. The Morgan fingerprint density at radius 1 is 1.38 bits per heavy atom. The zero-order chi connectivity index (χ0) is 9.26. The van der Waals surface area contributed by atoms with Gasteiger partial charge in [0.05, 0.1) is 4.47 Å². The summed E-state index contributed by atoms with van der Waals surface area (Å²) in [5.74, 6) is -0.469. The van der Waals surface area contributed by atoms with Crippen LogP contribution in [0, 0.1) is 5.95 Å². The quantitative estimate of drug-likeness (QED) is 0.710. The lowest BCUT2D eigenvalue weighted by molar-refractivity contribution is 0.577. The van der Waals surface area contributed by atoms with Gasteiger partial charge in [-0.1, -0.05) is 0 Å². The Morgan fingerprint density at radius 3 is 2.92 bits per heavy atom. The fraction of sp³-hybridized carbons (Fsp3) is 0. The molecule has 0 aliphatic rings. The van der Waals surface area contributed by atoms with Gasteiger partial charge < -0.3 is 0 Å². The maximum absolute atomic E-state index is 13.0. The van der Waals surface area contributed by atoms with Gasteiger partial charge in [-0.05, 0) is 44.4 Å². The summed E-state index contributed by atoms with van der Waals surface area (Å²) in [7, 11) is 0. The molecule has 0 atom stereocenters. The lowest BCUT2D eigenvalue weighted by atomic mass is 10.1. The number of nitrogens with zero attached hydrogens (tertiary/aromatic N) is 1. The smallest absolute Gasteiger partial charge is 0.227 e. The molecule has 0 bridgehead atoms. The van der Waals surface area contributed by atoms with Crippen LogP contribution in [0.3, 0.4) is 0 Å². The molecule has 2 heterocycles. The van der Waals surface area contributed by atoms with E-state index < -0.39 is 5.95 Å². The van der Waals surface area contributed by atoms with E-state index in [4.69, 9.17) is 0 Å². The molecule has 2 rings (SSSR count). The van der Waals surface area contributed by atoms with Crippen LogP contribution >= 0.6 is 27.3 Å². The van der Waals surface area contributed by atoms with Crippen molar-refractivity contribution in [3.8, 4) is 11.1 Å². The lowest BCUT2D eigenvalue weighted by Gasteiger charge is -2.00. The first-order valence-corrected chi connectivity index (χ1v) is 5.35. The number of hydrogen-bond donors (Lipinski definition) is 0. The summed E-state index contributed by atoms with van der Waals surface area (Å²) in [4.78, 5) is 3.54. The first kappa shape index (κ1) is 8.84. The van der Waals surface area contributed by atoms with Crippen molar-refractivity contribution in [1.82, 2.24) is 4.98 Å². The van der Waals surface area contributed by atoms with Crippen molar-refractivity contribution in [2.75, 3.05) is 0 Å². The number of halogens is 2. The van der Waals surface area contributed by atoms with Gasteiger partial charge in [-0.2, -0.15) is 15.7 Å². The van der Waals surface area contributed by atoms with Crippen LogP contribution in [0.4, 0.5) is 4.39 Å². The Balaban J connectivity index is 2.59. The van der Waals surface area contributed by atoms with Crippen LogP contribution in [0.1, 0.15) is 0 Å². The predicted molar refractivity (Wildman–Crippen MR) is 55.2 cm³/mol. The highest BCUT2D eigenvalue weighted by atomic mass is 79.9. The molecule has 0 fully saturated rings. The maximum Gasteiger partial charge on any atom is 0.227 e. The van der Waals surface area contributed by atoms with Crippen LogP contribution in [0.15, 0.2) is 33.6 Å². The van der Waals surface area contributed by atoms with Gasteiger partial charge in [0.15, 0.2) is 0 Å². The minimum absolute atomic E-state index is 0.424. The molecule has 0 aliphatic heterocycles. The monoisotopic (exact) mass is 257 g/mol. The average Bonchev–Trinajstić information content (AvgIpc) is 2.62. The molecule has 66 valence electrons. The fourth-order valence-corrected chi connectivity index (χ4v) is 2.18. The Morgan fingerprint density at radius 2 is 2.23 bits per heavy atom. The fourth-order valence-electron chi connectivity index (χ4n) is 1.06. The summed E-state index contributed by atoms with van der Waals surface area (Å²) in [5, 5.41) is 3.93. The van der Waals surface area contributed by atoms with E-state index in [-0.39, 0.29) is 0 Å². The van der Waals surface area contributed by atoms with E-state index in [2.05, 4.69) is 20.9 Å². The van der Waals surface area contributed by atoms with E-state index in [1.807, 2.05) is 16.8 Å². The molecule has 0 saturated carbocycles. The van der Waals surface area contributed by atoms with Crippen molar-refractivity contribution in [2.24, 2.45) is 0 Å². The second-order valence-electron chi connectivity index (χ2n) is 2.48. The minimum atomic E-state index is -0.469. The normalized spacial score (nSPS) is 10.3. The van der Waals surface area contributed by atoms with Crippen molar-refractivity contribution >= 4 is 27.3 Å². The van der Waals surface area contributed by atoms with Crippen molar-refractivity contribution in [2.45, 2.75) is 0 Å². The molecule has 0 saturated heterocycles. The van der Waals surface area contributed by atoms with E-state index in [1.165, 1.54) is 6.20 Å². The number of hydrogen-bond acceptors (Lipinski definition) is 2. The topological polar surface area (TPSA) is 12.9 Å². The highest BCUT2D eigenvalue weighted by Crippen LogP contribution is 2.30. The summed E-state index contributed by atoms with van der Waals surface area (Å²) >= 11 is 4.75. The highest BCUT2D eigenvalue weighted by molar-refractivity contribution is 9.10. The standard InChI is InChI=1S/C9H5BrFNS/c10-8-7(1-3-12-9(8)11)6-2-4-13-5-6/h1-5H. The largest absolute Gasteiger partial charge is 0.227 e. The van der Waals surface area contributed by atoms with Crippen LogP contribution in [-0.2, 0) is 0 Å². The number of rotatable bonds is 1. The summed E-state index contributed by atoms with van der Waals surface area (Å²) in [6, 6.07) is 3.74. The molecular formula is C9H5BrFNS. The van der Waals surface area contributed by atoms with Crippen molar-refractivity contribution in [3.63, 3.8) is 0 Å². The van der Waals surface area contributed by atoms with Crippen LogP contribution < -0.4 is 0 Å². The third-order valence-corrected chi connectivity index (χ3v) is 3.12. The molecule has 0 spiro atoms. The van der Waals surface area contributed by atoms with Crippen LogP contribution in [-0.4, -0.2) is 4.98 Å². The molecule has 4 heteroatoms. The zero-order valence-corrected chi connectivity index (χ0v) is 8.90. The number of aromatic nitrogens is 1. The van der Waals surface area contributed by atoms with Gasteiger partial charge in [0.2, 0.25) is 5.95 Å². The molecule has 2 aromatic rings. The molecule has 0 radical (unpaired) electrons. The average molecular weight is 258 g/mol. The third-order valence-electron chi connectivity index (χ3n) is 1.68. The summed E-state index contributed by atoms with van der Waals surface area (Å²) < 4.78 is 13.4. The minimum Gasteiger partial charge on any atom is -0.227 e. The lowest BCUT2D eigenvalue weighted by Crippen LogP contribution is -1.86. The van der Waals surface area contributed by atoms with Gasteiger partial charge in [-0.15, -0.1) is 0 Å². The Labute approximate surface area is 87.4 Å². The van der Waals surface area contributed by atoms with Crippen LogP contribution in [0.5, 0.6) is 0 Å². The number of pyridine rings is 1. The molecule has 13 heavy (non-hydrogen) atoms. The Bertz CT molecular complexity index is 414. The highest BCUT2D eigenvalue weighted by Gasteiger charge is 2.07. The Kier molecular flexibility index (Phi) is 2.42. The van der Waals surface area contributed by atoms with E-state index in [0.29, 0.717) is 4.47 Å². The second kappa shape index (κ2) is 3.55. The summed E-state index contributed by atoms with van der Waals surface area (Å²) in [6.45, 7) is 0. The second-order valence-corrected chi connectivity index (χ2v) is 4.05. The van der Waals surface area contributed by atoms with Gasteiger partial charge in [0, 0.05) is 11.8 Å². The van der Waals surface area contributed by atoms with E-state index in [0.717, 1.165) is 11.1 Å². The van der Waals surface area contributed by atoms with E-state index in [9.17, 15) is 4.39 Å². The number of thiophene rings is 1. The van der Waals surface area contributed by atoms with E-state index >= 15 is 0 Å². The van der Waals surface area contributed by atoms with Crippen LogP contribution in [0.2, 0.25) is 0 Å². The van der Waals surface area contributed by atoms with Gasteiger partial charge in [0.1, 0.15) is 0 Å². The van der Waals surface area contributed by atoms with Crippen LogP contribution in [0.25, 0.3) is 11.1 Å². The molecule has 2 aromatic heterocycles. The first-order chi connectivity index (χ1) is 6.29. The first-order valence-electron chi connectivity index (χ1n) is 3.61. The molecule has 0 aromatic carbocycles. The van der Waals surface area contributed by atoms with Gasteiger partial charge in [-0.25, -0.2) is 4.98 Å². The van der Waals surface area contributed by atoms with Gasteiger partial charge >= 0.3 is 0 Å². The van der Waals surface area contributed by atoms with Crippen molar-refractivity contribution < 1.29 is 4.39 Å². The molecule has 0 amide bonds. The predicted octanol–water partition coefficient (Wildman–Crippen LogP) is 3.71. The molecule has 0 aliphatic carbocycles. The summed E-state index contributed by atoms with van der Waals surface area (Å²) in [5.41, 5.74) is 1.85. The SMILES string of the molecule is Fc1nccc(-c2ccsc2)c1Br. The van der Waals surface area contributed by atoms with Crippen molar-refractivity contribution in [1.29, 1.82) is 0 Å². The maximum atomic E-state index is 13.0. The molecule has 1 nitrogen and oxygen atoms in total. The summed E-state index contributed by atoms with van der Waals surface area (Å²) in [6.07, 6.45) is 1.47. The van der Waals surface area contributed by atoms with Crippen molar-refractivity contribution in [3.05, 3.63) is 39.5 Å². The molecule has 0 unspecified atom stereocenters. The van der Waals surface area contributed by atoms with Gasteiger partial charge in [0.25, 0.3) is 0 Å².